The lowest BCUT2D eigenvalue weighted by molar-refractivity contribution is 0.599. The van der Waals surface area contributed by atoms with Gasteiger partial charge in [-0.25, -0.2) is 9.82 Å². The Kier molecular flexibility index (Phi) is 4.11. The van der Waals surface area contributed by atoms with Crippen LogP contribution in [0.2, 0.25) is 0 Å². The standard InChI is InChI=1S/C14H14BrFN2/c1-9-2-3-11(8-13(9)16)14(18-17)10-4-6-12(15)7-5-10/h2-8,14,18H,17H2,1H3. The van der Waals surface area contributed by atoms with E-state index in [1.165, 1.54) is 6.07 Å². The van der Waals surface area contributed by atoms with Gasteiger partial charge in [-0.2, -0.15) is 0 Å². The molecule has 0 aliphatic heterocycles. The van der Waals surface area contributed by atoms with E-state index in [2.05, 4.69) is 21.4 Å². The van der Waals surface area contributed by atoms with E-state index in [1.54, 1.807) is 13.0 Å². The number of aryl methyl sites for hydroxylation is 1. The Morgan fingerprint density at radius 1 is 1.11 bits per heavy atom. The van der Waals surface area contributed by atoms with Crippen molar-refractivity contribution in [2.24, 2.45) is 5.84 Å². The van der Waals surface area contributed by atoms with Crippen molar-refractivity contribution >= 4 is 15.9 Å². The van der Waals surface area contributed by atoms with Crippen molar-refractivity contribution < 1.29 is 4.39 Å². The summed E-state index contributed by atoms with van der Waals surface area (Å²) < 4.78 is 14.6. The van der Waals surface area contributed by atoms with Crippen LogP contribution in [-0.2, 0) is 0 Å². The largest absolute Gasteiger partial charge is 0.271 e. The Morgan fingerprint density at radius 2 is 1.72 bits per heavy atom. The van der Waals surface area contributed by atoms with E-state index in [0.29, 0.717) is 5.56 Å². The Morgan fingerprint density at radius 3 is 2.28 bits per heavy atom. The summed E-state index contributed by atoms with van der Waals surface area (Å²) in [7, 11) is 0. The lowest BCUT2D eigenvalue weighted by Crippen LogP contribution is -2.28. The fraction of sp³-hybridized carbons (Fsp3) is 0.143. The van der Waals surface area contributed by atoms with Gasteiger partial charge in [0.05, 0.1) is 6.04 Å². The maximum Gasteiger partial charge on any atom is 0.126 e. The normalized spacial score (nSPS) is 12.4. The van der Waals surface area contributed by atoms with E-state index >= 15 is 0 Å². The molecule has 2 rings (SSSR count). The fourth-order valence-electron chi connectivity index (χ4n) is 1.83. The van der Waals surface area contributed by atoms with Crippen molar-refractivity contribution in [2.75, 3.05) is 0 Å². The topological polar surface area (TPSA) is 38.0 Å². The van der Waals surface area contributed by atoms with Crippen LogP contribution in [0.4, 0.5) is 4.39 Å². The number of nitrogens with two attached hydrogens (primary N) is 1. The van der Waals surface area contributed by atoms with Crippen LogP contribution in [0.25, 0.3) is 0 Å². The molecule has 1 unspecified atom stereocenters. The molecule has 0 saturated carbocycles. The first-order valence-corrected chi connectivity index (χ1v) is 6.39. The number of hydrogen-bond donors (Lipinski definition) is 2. The first-order chi connectivity index (χ1) is 8.61. The summed E-state index contributed by atoms with van der Waals surface area (Å²) in [5, 5.41) is 0. The molecule has 0 radical (unpaired) electrons. The SMILES string of the molecule is Cc1ccc(C(NN)c2ccc(Br)cc2)cc1F. The van der Waals surface area contributed by atoms with Crippen LogP contribution in [-0.4, -0.2) is 0 Å². The molecule has 2 aromatic rings. The number of nitrogens with one attached hydrogen (secondary N) is 1. The maximum atomic E-state index is 13.6. The van der Waals surface area contributed by atoms with Crippen molar-refractivity contribution in [2.45, 2.75) is 13.0 Å². The zero-order valence-electron chi connectivity index (χ0n) is 9.95. The molecule has 2 nitrogen and oxygen atoms in total. The molecule has 0 saturated heterocycles. The third-order valence-electron chi connectivity index (χ3n) is 2.90. The molecule has 2 aromatic carbocycles. The minimum absolute atomic E-state index is 0.215. The van der Waals surface area contributed by atoms with Gasteiger partial charge in [0.15, 0.2) is 0 Å². The van der Waals surface area contributed by atoms with Crippen LogP contribution in [0.3, 0.4) is 0 Å². The molecular formula is C14H14BrFN2. The van der Waals surface area contributed by atoms with Gasteiger partial charge in [0.2, 0.25) is 0 Å². The predicted octanol–water partition coefficient (Wildman–Crippen LogP) is 3.45. The van der Waals surface area contributed by atoms with Crippen LogP contribution < -0.4 is 11.3 Å². The lowest BCUT2D eigenvalue weighted by atomic mass is 9.98. The zero-order chi connectivity index (χ0) is 13.1. The third kappa shape index (κ3) is 2.77. The van der Waals surface area contributed by atoms with E-state index in [1.807, 2.05) is 30.3 Å². The summed E-state index contributed by atoms with van der Waals surface area (Å²) in [5.74, 6) is 5.36. The van der Waals surface area contributed by atoms with Crippen molar-refractivity contribution in [1.82, 2.24) is 5.43 Å². The summed E-state index contributed by atoms with van der Waals surface area (Å²) in [6, 6.07) is 12.7. The summed E-state index contributed by atoms with van der Waals surface area (Å²) in [5.41, 5.74) is 5.15. The average Bonchev–Trinajstić information content (AvgIpc) is 2.37. The van der Waals surface area contributed by atoms with Crippen LogP contribution in [0.15, 0.2) is 46.9 Å². The van der Waals surface area contributed by atoms with Crippen LogP contribution in [0, 0.1) is 12.7 Å². The Labute approximate surface area is 114 Å². The molecule has 18 heavy (non-hydrogen) atoms. The van der Waals surface area contributed by atoms with Crippen molar-refractivity contribution in [3.8, 4) is 0 Å². The molecule has 0 spiro atoms. The van der Waals surface area contributed by atoms with Gasteiger partial charge in [-0.1, -0.05) is 40.2 Å². The number of hydrazine groups is 1. The van der Waals surface area contributed by atoms with Crippen molar-refractivity contribution in [1.29, 1.82) is 0 Å². The Hall–Kier alpha value is -1.23. The molecule has 0 amide bonds. The number of hydrogen-bond acceptors (Lipinski definition) is 2. The summed E-state index contributed by atoms with van der Waals surface area (Å²) in [6.07, 6.45) is 0. The molecule has 0 bridgehead atoms. The zero-order valence-corrected chi connectivity index (χ0v) is 11.5. The van der Waals surface area contributed by atoms with Gasteiger partial charge < -0.3 is 0 Å². The van der Waals surface area contributed by atoms with Gasteiger partial charge >= 0.3 is 0 Å². The van der Waals surface area contributed by atoms with Gasteiger partial charge in [-0.15, -0.1) is 0 Å². The molecule has 0 aliphatic carbocycles. The minimum Gasteiger partial charge on any atom is -0.271 e. The van der Waals surface area contributed by atoms with Crippen molar-refractivity contribution in [3.63, 3.8) is 0 Å². The molecule has 3 N–H and O–H groups in total. The first kappa shape index (κ1) is 13.2. The van der Waals surface area contributed by atoms with Gasteiger partial charge in [0.1, 0.15) is 5.82 Å². The highest BCUT2D eigenvalue weighted by Crippen LogP contribution is 2.24. The van der Waals surface area contributed by atoms with Crippen molar-refractivity contribution in [3.05, 3.63) is 69.4 Å². The highest BCUT2D eigenvalue weighted by molar-refractivity contribution is 9.10. The van der Waals surface area contributed by atoms with E-state index in [-0.39, 0.29) is 11.9 Å². The second-order valence-corrected chi connectivity index (χ2v) is 5.08. The quantitative estimate of drug-likeness (QED) is 0.673. The van der Waals surface area contributed by atoms with Gasteiger partial charge in [-0.3, -0.25) is 5.84 Å². The van der Waals surface area contributed by atoms with Gasteiger partial charge in [0, 0.05) is 4.47 Å². The highest BCUT2D eigenvalue weighted by Gasteiger charge is 2.13. The van der Waals surface area contributed by atoms with E-state index in [4.69, 9.17) is 5.84 Å². The smallest absolute Gasteiger partial charge is 0.126 e. The van der Waals surface area contributed by atoms with Gasteiger partial charge in [0.25, 0.3) is 0 Å². The Balaban J connectivity index is 2.38. The Bertz CT molecular complexity index is 540. The summed E-state index contributed by atoms with van der Waals surface area (Å²) >= 11 is 3.38. The van der Waals surface area contributed by atoms with E-state index in [0.717, 1.165) is 15.6 Å². The van der Waals surface area contributed by atoms with Crippen LogP contribution in [0.1, 0.15) is 22.7 Å². The highest BCUT2D eigenvalue weighted by atomic mass is 79.9. The molecular weight excluding hydrogens is 295 g/mol. The van der Waals surface area contributed by atoms with Crippen LogP contribution in [0.5, 0.6) is 0 Å². The molecule has 0 fully saturated rings. The first-order valence-electron chi connectivity index (χ1n) is 5.59. The second-order valence-electron chi connectivity index (χ2n) is 4.16. The molecule has 0 aliphatic rings. The summed E-state index contributed by atoms with van der Waals surface area (Å²) in [4.78, 5) is 0. The predicted molar refractivity (Wildman–Crippen MR) is 74.4 cm³/mol. The number of halogens is 2. The molecule has 94 valence electrons. The maximum absolute atomic E-state index is 13.6. The van der Waals surface area contributed by atoms with E-state index < -0.39 is 0 Å². The third-order valence-corrected chi connectivity index (χ3v) is 3.43. The second kappa shape index (κ2) is 5.61. The molecule has 1 atom stereocenters. The monoisotopic (exact) mass is 308 g/mol. The molecule has 0 aromatic heterocycles. The minimum atomic E-state index is -0.218. The van der Waals surface area contributed by atoms with Gasteiger partial charge in [-0.05, 0) is 41.8 Å². The summed E-state index contributed by atoms with van der Waals surface area (Å²) in [6.45, 7) is 1.74. The van der Waals surface area contributed by atoms with E-state index in [9.17, 15) is 4.39 Å². The fourth-order valence-corrected chi connectivity index (χ4v) is 2.09. The lowest BCUT2D eigenvalue weighted by Gasteiger charge is -2.17. The number of rotatable bonds is 3. The van der Waals surface area contributed by atoms with Crippen LogP contribution >= 0.6 is 15.9 Å². The average molecular weight is 309 g/mol. The molecule has 0 heterocycles. The molecule has 4 heteroatoms. The number of benzene rings is 2.